The Morgan fingerprint density at radius 3 is 1.30 bits per heavy atom. The van der Waals surface area contributed by atoms with Crippen LogP contribution < -0.4 is 26.2 Å². The number of nitrogens with zero attached hydrogens (tertiary/aromatic N) is 2. The van der Waals surface area contributed by atoms with Crippen LogP contribution in [-0.4, -0.2) is 6.71 Å². The van der Waals surface area contributed by atoms with Gasteiger partial charge in [0.25, 0.3) is 6.71 Å². The second-order valence-electron chi connectivity index (χ2n) is 10.7. The Kier molecular flexibility index (Phi) is 4.34. The molecule has 0 radical (unpaired) electrons. The molecule has 0 bridgehead atoms. The maximum Gasteiger partial charge on any atom is 0.253 e. The van der Waals surface area contributed by atoms with Crippen molar-refractivity contribution < 1.29 is 4.39 Å². The summed E-state index contributed by atoms with van der Waals surface area (Å²) in [7, 11) is 0. The van der Waals surface area contributed by atoms with Crippen molar-refractivity contribution in [3.8, 4) is 22.3 Å². The second-order valence-corrected chi connectivity index (χ2v) is 10.7. The summed E-state index contributed by atoms with van der Waals surface area (Å²) in [4.78, 5) is 4.50. The quantitative estimate of drug-likeness (QED) is 0.221. The lowest BCUT2D eigenvalue weighted by Gasteiger charge is -2.44. The van der Waals surface area contributed by atoms with Crippen LogP contribution in [-0.2, 0) is 0 Å². The molecule has 0 fully saturated rings. The average Bonchev–Trinajstić information content (AvgIpc) is 3.13. The highest BCUT2D eigenvalue weighted by Gasteiger charge is 2.47. The number of rotatable bonds is 2. The number of hydrogen-bond donors (Lipinski definition) is 0. The summed E-state index contributed by atoms with van der Waals surface area (Å²) in [6, 6.07) is 46.0. The molecule has 0 atom stereocenters. The zero-order chi connectivity index (χ0) is 26.4. The van der Waals surface area contributed by atoms with E-state index < -0.39 is 0 Å². The van der Waals surface area contributed by atoms with E-state index in [9.17, 15) is 0 Å². The molecule has 6 aromatic carbocycles. The molecular weight excluding hydrogens is 490 g/mol. The van der Waals surface area contributed by atoms with Gasteiger partial charge >= 0.3 is 0 Å². The predicted molar refractivity (Wildman–Crippen MR) is 165 cm³/mol. The maximum absolute atomic E-state index is 15.8. The van der Waals surface area contributed by atoms with E-state index in [1.807, 2.05) is 36.4 Å². The maximum atomic E-state index is 15.8. The molecule has 4 heteroatoms. The van der Waals surface area contributed by atoms with Crippen molar-refractivity contribution in [1.29, 1.82) is 0 Å². The summed E-state index contributed by atoms with van der Waals surface area (Å²) in [6.07, 6.45) is 0. The third-order valence-corrected chi connectivity index (χ3v) is 8.63. The molecule has 0 saturated carbocycles. The Morgan fingerprint density at radius 1 is 0.400 bits per heavy atom. The third kappa shape index (κ3) is 2.78. The molecular formula is C36H22BFN2. The molecule has 3 heterocycles. The molecule has 40 heavy (non-hydrogen) atoms. The molecule has 0 saturated heterocycles. The molecule has 3 aliphatic rings. The molecule has 3 aliphatic heterocycles. The smallest absolute Gasteiger partial charge is 0.253 e. The van der Waals surface area contributed by atoms with Crippen LogP contribution in [0, 0.1) is 5.82 Å². The lowest BCUT2D eigenvalue weighted by atomic mass is 9.32. The fraction of sp³-hybridized carbons (Fsp3) is 0. The van der Waals surface area contributed by atoms with Crippen LogP contribution in [0.5, 0.6) is 0 Å². The largest absolute Gasteiger partial charge is 0.311 e. The van der Waals surface area contributed by atoms with Gasteiger partial charge in [0, 0.05) is 34.1 Å². The summed E-state index contributed by atoms with van der Waals surface area (Å²) < 4.78 is 15.8. The van der Waals surface area contributed by atoms with E-state index in [-0.39, 0.29) is 12.5 Å². The zero-order valence-electron chi connectivity index (χ0n) is 21.6. The van der Waals surface area contributed by atoms with Crippen molar-refractivity contribution in [3.63, 3.8) is 0 Å². The molecule has 0 N–H and O–H groups in total. The summed E-state index contributed by atoms with van der Waals surface area (Å²) in [5, 5.41) is 0. The number of anilines is 6. The van der Waals surface area contributed by atoms with Crippen LogP contribution in [0.4, 0.5) is 38.5 Å². The van der Waals surface area contributed by atoms with E-state index >= 15 is 4.39 Å². The SMILES string of the molecule is Fc1cc2c3c(c1)N(c1ccccc1)c1cccc4c1B3c1c(cccc1N2c1ccccc1)-c1ccccc1-4. The van der Waals surface area contributed by atoms with Gasteiger partial charge in [-0.15, -0.1) is 0 Å². The number of benzene rings is 6. The summed E-state index contributed by atoms with van der Waals surface area (Å²) in [5.74, 6) is -0.244. The summed E-state index contributed by atoms with van der Waals surface area (Å²) in [5.41, 5.74) is 14.6. The minimum absolute atomic E-state index is 0.0321. The summed E-state index contributed by atoms with van der Waals surface area (Å²) in [6.45, 7) is -0.0321. The topological polar surface area (TPSA) is 6.48 Å². The van der Waals surface area contributed by atoms with Crippen LogP contribution in [0.1, 0.15) is 0 Å². The van der Waals surface area contributed by atoms with Crippen molar-refractivity contribution in [2.24, 2.45) is 0 Å². The highest BCUT2D eigenvalue weighted by Crippen LogP contribution is 2.48. The van der Waals surface area contributed by atoms with E-state index in [2.05, 4.69) is 94.7 Å². The minimum atomic E-state index is -0.244. The second kappa shape index (κ2) is 7.97. The van der Waals surface area contributed by atoms with Gasteiger partial charge in [0.2, 0.25) is 0 Å². The van der Waals surface area contributed by atoms with Gasteiger partial charge in [-0.3, -0.25) is 0 Å². The number of hydrogen-bond acceptors (Lipinski definition) is 2. The van der Waals surface area contributed by atoms with Crippen LogP contribution >= 0.6 is 0 Å². The third-order valence-electron chi connectivity index (χ3n) is 8.63. The van der Waals surface area contributed by atoms with Crippen LogP contribution in [0.2, 0.25) is 0 Å². The first-order valence-electron chi connectivity index (χ1n) is 13.7. The van der Waals surface area contributed by atoms with Crippen LogP contribution in [0.3, 0.4) is 0 Å². The van der Waals surface area contributed by atoms with Crippen molar-refractivity contribution in [3.05, 3.63) is 139 Å². The normalized spacial score (nSPS) is 13.5. The monoisotopic (exact) mass is 512 g/mol. The predicted octanol–water partition coefficient (Wildman–Crippen LogP) is 7.56. The molecule has 0 unspecified atom stereocenters. The number of halogens is 1. The van der Waals surface area contributed by atoms with E-state index in [0.717, 1.165) is 39.6 Å². The van der Waals surface area contributed by atoms with E-state index in [4.69, 9.17) is 0 Å². The molecule has 6 aromatic rings. The minimum Gasteiger partial charge on any atom is -0.311 e. The van der Waals surface area contributed by atoms with E-state index in [1.165, 1.54) is 33.2 Å². The molecule has 9 rings (SSSR count). The Bertz CT molecular complexity index is 1850. The van der Waals surface area contributed by atoms with Gasteiger partial charge in [0.15, 0.2) is 0 Å². The van der Waals surface area contributed by atoms with E-state index in [0.29, 0.717) is 0 Å². The Balaban J connectivity index is 1.51. The highest BCUT2D eigenvalue weighted by molar-refractivity contribution is 7.02. The number of fused-ring (bicyclic) bond motifs is 3. The van der Waals surface area contributed by atoms with Gasteiger partial charge in [0.05, 0.1) is 0 Å². The number of para-hydroxylation sites is 2. The molecule has 186 valence electrons. The van der Waals surface area contributed by atoms with Crippen molar-refractivity contribution in [2.75, 3.05) is 9.80 Å². The van der Waals surface area contributed by atoms with Gasteiger partial charge < -0.3 is 9.80 Å². The van der Waals surface area contributed by atoms with Gasteiger partial charge in [-0.05, 0) is 87.2 Å². The van der Waals surface area contributed by atoms with Gasteiger partial charge in [0.1, 0.15) is 5.82 Å². The summed E-state index contributed by atoms with van der Waals surface area (Å²) >= 11 is 0. The van der Waals surface area contributed by atoms with Crippen molar-refractivity contribution >= 4 is 57.2 Å². The lowest BCUT2D eigenvalue weighted by Crippen LogP contribution is -2.62. The first kappa shape index (κ1) is 21.8. The van der Waals surface area contributed by atoms with Crippen molar-refractivity contribution in [2.45, 2.75) is 0 Å². The van der Waals surface area contributed by atoms with Crippen LogP contribution in [0.15, 0.2) is 133 Å². The first-order chi connectivity index (χ1) is 19.8. The highest BCUT2D eigenvalue weighted by atomic mass is 19.1. The average molecular weight is 512 g/mol. The Labute approximate surface area is 232 Å². The van der Waals surface area contributed by atoms with Gasteiger partial charge in [-0.2, -0.15) is 0 Å². The standard InChI is InChI=1S/C36H22BFN2/c38-23-21-32-36-33(22-23)40(25-13-5-2-6-14-25)31-20-10-18-29-27-16-8-7-15-26(27)28-17-9-19-30(34(28)37(36)35(29)31)39(32)24-11-3-1-4-12-24/h1-22H. The first-order valence-corrected chi connectivity index (χ1v) is 13.7. The van der Waals surface area contributed by atoms with Crippen molar-refractivity contribution in [1.82, 2.24) is 0 Å². The Morgan fingerprint density at radius 2 is 0.825 bits per heavy atom. The molecule has 0 aromatic heterocycles. The fourth-order valence-corrected chi connectivity index (χ4v) is 7.18. The Hall–Kier alpha value is -5.09. The lowest BCUT2D eigenvalue weighted by molar-refractivity contribution is 0.628. The van der Waals surface area contributed by atoms with Gasteiger partial charge in [-0.25, -0.2) is 4.39 Å². The zero-order valence-corrected chi connectivity index (χ0v) is 21.6. The van der Waals surface area contributed by atoms with Crippen LogP contribution in [0.25, 0.3) is 22.3 Å². The molecule has 0 aliphatic carbocycles. The molecule has 2 nitrogen and oxygen atoms in total. The fourth-order valence-electron chi connectivity index (χ4n) is 7.18. The molecule has 0 amide bonds. The molecule has 0 spiro atoms. The van der Waals surface area contributed by atoms with E-state index in [1.54, 1.807) is 12.1 Å². The van der Waals surface area contributed by atoms with Gasteiger partial charge in [-0.1, -0.05) is 84.9 Å².